The van der Waals surface area contributed by atoms with Gasteiger partial charge in [0.1, 0.15) is 0 Å². The second-order valence-corrected chi connectivity index (χ2v) is 8.91. The molecule has 0 bridgehead atoms. The largest absolute Gasteiger partial charge is 0.371 e. The fourth-order valence-electron chi connectivity index (χ4n) is 5.27. The van der Waals surface area contributed by atoms with Crippen molar-refractivity contribution in [3.63, 3.8) is 0 Å². The summed E-state index contributed by atoms with van der Waals surface area (Å²) in [5.41, 5.74) is 8.98. The van der Waals surface area contributed by atoms with Crippen molar-refractivity contribution in [2.75, 3.05) is 18.0 Å². The van der Waals surface area contributed by atoms with Crippen LogP contribution in [0.15, 0.2) is 6.07 Å². The van der Waals surface area contributed by atoms with Crippen molar-refractivity contribution in [2.24, 2.45) is 0 Å². The first-order valence-corrected chi connectivity index (χ1v) is 8.75. The molecule has 1 unspecified atom stereocenters. The minimum atomic E-state index is 0.342. The van der Waals surface area contributed by atoms with Gasteiger partial charge in [0, 0.05) is 18.8 Å². The Hall–Kier alpha value is -0.980. The molecule has 2 heterocycles. The minimum absolute atomic E-state index is 0.342. The summed E-state index contributed by atoms with van der Waals surface area (Å²) in [5.74, 6) is 0.826. The highest BCUT2D eigenvalue weighted by molar-refractivity contribution is 5.71. The molecule has 1 aliphatic carbocycles. The number of benzene rings is 1. The molecule has 114 valence electrons. The van der Waals surface area contributed by atoms with Crippen LogP contribution in [-0.4, -0.2) is 13.1 Å². The van der Waals surface area contributed by atoms with E-state index in [2.05, 4.69) is 45.6 Å². The molecule has 0 spiro atoms. The maximum atomic E-state index is 2.71. The van der Waals surface area contributed by atoms with Gasteiger partial charge in [0.2, 0.25) is 0 Å². The lowest BCUT2D eigenvalue weighted by atomic mass is 9.62. The highest BCUT2D eigenvalue weighted by Gasteiger charge is 2.43. The molecule has 0 fully saturated rings. The van der Waals surface area contributed by atoms with Crippen molar-refractivity contribution in [2.45, 2.75) is 77.0 Å². The van der Waals surface area contributed by atoms with Crippen LogP contribution in [0.5, 0.6) is 0 Å². The van der Waals surface area contributed by atoms with E-state index in [0.29, 0.717) is 10.8 Å². The van der Waals surface area contributed by atoms with Crippen molar-refractivity contribution in [3.05, 3.63) is 28.3 Å². The lowest BCUT2D eigenvalue weighted by Crippen LogP contribution is -2.44. The summed E-state index contributed by atoms with van der Waals surface area (Å²) >= 11 is 0. The van der Waals surface area contributed by atoms with Crippen LogP contribution in [0.1, 0.15) is 81.5 Å². The maximum Gasteiger partial charge on any atom is 0.0442 e. The molecule has 0 saturated heterocycles. The summed E-state index contributed by atoms with van der Waals surface area (Å²) in [4.78, 5) is 2.71. The highest BCUT2D eigenvalue weighted by atomic mass is 15.1. The van der Waals surface area contributed by atoms with Gasteiger partial charge >= 0.3 is 0 Å². The second kappa shape index (κ2) is 4.06. The Labute approximate surface area is 129 Å². The van der Waals surface area contributed by atoms with Crippen LogP contribution in [0.25, 0.3) is 0 Å². The summed E-state index contributed by atoms with van der Waals surface area (Å²) in [7, 11) is 0. The van der Waals surface area contributed by atoms with Crippen molar-refractivity contribution < 1.29 is 0 Å². The molecule has 0 aromatic heterocycles. The van der Waals surface area contributed by atoms with E-state index >= 15 is 0 Å². The zero-order chi connectivity index (χ0) is 15.0. The van der Waals surface area contributed by atoms with Gasteiger partial charge in [-0.2, -0.15) is 0 Å². The highest BCUT2D eigenvalue weighted by Crippen LogP contribution is 2.55. The standard InChI is InChI=1S/C20H29N/c1-13-12-15-18-16-14(6-8-20(4,5)17(13)16)7-10-21(18)11-9-19(15,2)3/h12,14H,6-11H2,1-5H3. The maximum absolute atomic E-state index is 2.71. The van der Waals surface area contributed by atoms with Gasteiger partial charge in [0.25, 0.3) is 0 Å². The third-order valence-corrected chi connectivity index (χ3v) is 6.54. The molecule has 1 heteroatoms. The first-order chi connectivity index (χ1) is 9.81. The Morgan fingerprint density at radius 1 is 1.00 bits per heavy atom. The van der Waals surface area contributed by atoms with Crippen LogP contribution in [0, 0.1) is 6.92 Å². The molecule has 0 N–H and O–H groups in total. The molecule has 1 nitrogen and oxygen atoms in total. The molecule has 1 aromatic carbocycles. The van der Waals surface area contributed by atoms with Crippen molar-refractivity contribution in [3.8, 4) is 0 Å². The van der Waals surface area contributed by atoms with Crippen molar-refractivity contribution in [1.29, 1.82) is 0 Å². The Balaban J connectivity index is 2.07. The molecular formula is C20H29N. The van der Waals surface area contributed by atoms with E-state index in [9.17, 15) is 0 Å². The summed E-state index contributed by atoms with van der Waals surface area (Å²) in [6.07, 6.45) is 5.42. The van der Waals surface area contributed by atoms with E-state index in [4.69, 9.17) is 0 Å². The molecule has 0 saturated carbocycles. The number of rotatable bonds is 0. The number of nitrogens with zero attached hydrogens (tertiary/aromatic N) is 1. The SMILES string of the molecule is Cc1cc2c3c4c1C(C)(C)CCC4CCN3CCC2(C)C. The summed E-state index contributed by atoms with van der Waals surface area (Å²) in [5, 5.41) is 0. The fraction of sp³-hybridized carbons (Fsp3) is 0.700. The topological polar surface area (TPSA) is 3.24 Å². The Kier molecular flexibility index (Phi) is 2.64. The quantitative estimate of drug-likeness (QED) is 0.644. The summed E-state index contributed by atoms with van der Waals surface area (Å²) < 4.78 is 0. The van der Waals surface area contributed by atoms with E-state index in [1.165, 1.54) is 38.8 Å². The van der Waals surface area contributed by atoms with E-state index in [1.807, 2.05) is 0 Å². The normalized spacial score (nSPS) is 28.2. The third kappa shape index (κ3) is 1.76. The number of anilines is 1. The molecule has 4 rings (SSSR count). The van der Waals surface area contributed by atoms with Crippen molar-refractivity contribution in [1.82, 2.24) is 0 Å². The fourth-order valence-corrected chi connectivity index (χ4v) is 5.27. The summed E-state index contributed by atoms with van der Waals surface area (Å²) in [6, 6.07) is 2.54. The van der Waals surface area contributed by atoms with Crippen LogP contribution < -0.4 is 4.90 Å². The Bertz CT molecular complexity index is 609. The molecule has 1 atom stereocenters. The summed E-state index contributed by atoms with van der Waals surface area (Å²) in [6.45, 7) is 14.7. The molecule has 0 radical (unpaired) electrons. The number of aryl methyl sites for hydroxylation is 1. The lowest BCUT2D eigenvalue weighted by Gasteiger charge is -2.50. The third-order valence-electron chi connectivity index (χ3n) is 6.54. The lowest BCUT2D eigenvalue weighted by molar-refractivity contribution is 0.359. The van der Waals surface area contributed by atoms with Gasteiger partial charge in [-0.3, -0.25) is 0 Å². The molecule has 3 aliphatic rings. The molecule has 1 aromatic rings. The van der Waals surface area contributed by atoms with Crippen LogP contribution in [0.2, 0.25) is 0 Å². The van der Waals surface area contributed by atoms with E-state index < -0.39 is 0 Å². The number of hydrogen-bond acceptors (Lipinski definition) is 1. The first kappa shape index (κ1) is 13.7. The van der Waals surface area contributed by atoms with Gasteiger partial charge < -0.3 is 4.90 Å². The van der Waals surface area contributed by atoms with Gasteiger partial charge in [-0.25, -0.2) is 0 Å². The molecule has 0 amide bonds. The van der Waals surface area contributed by atoms with Gasteiger partial charge in [-0.15, -0.1) is 0 Å². The predicted molar refractivity (Wildman–Crippen MR) is 90.7 cm³/mol. The zero-order valence-corrected chi connectivity index (χ0v) is 14.3. The minimum Gasteiger partial charge on any atom is -0.371 e. The average Bonchev–Trinajstić information content (AvgIpc) is 2.40. The molecule has 2 aliphatic heterocycles. The zero-order valence-electron chi connectivity index (χ0n) is 14.3. The van der Waals surface area contributed by atoms with E-state index in [-0.39, 0.29) is 0 Å². The van der Waals surface area contributed by atoms with Crippen LogP contribution in [-0.2, 0) is 10.8 Å². The van der Waals surface area contributed by atoms with Gasteiger partial charge in [0.05, 0.1) is 0 Å². The first-order valence-electron chi connectivity index (χ1n) is 8.75. The average molecular weight is 283 g/mol. The van der Waals surface area contributed by atoms with E-state index in [0.717, 1.165) is 5.92 Å². The van der Waals surface area contributed by atoms with Gasteiger partial charge in [-0.05, 0) is 71.6 Å². The Morgan fingerprint density at radius 2 is 1.76 bits per heavy atom. The van der Waals surface area contributed by atoms with Crippen LogP contribution in [0.3, 0.4) is 0 Å². The van der Waals surface area contributed by atoms with Crippen LogP contribution in [0.4, 0.5) is 5.69 Å². The Morgan fingerprint density at radius 3 is 2.52 bits per heavy atom. The second-order valence-electron chi connectivity index (χ2n) is 8.91. The molecule has 21 heavy (non-hydrogen) atoms. The monoisotopic (exact) mass is 283 g/mol. The van der Waals surface area contributed by atoms with Crippen molar-refractivity contribution >= 4 is 5.69 Å². The van der Waals surface area contributed by atoms with Gasteiger partial charge in [0.15, 0.2) is 0 Å². The smallest absolute Gasteiger partial charge is 0.0442 e. The van der Waals surface area contributed by atoms with E-state index in [1.54, 1.807) is 27.9 Å². The number of hydrogen-bond donors (Lipinski definition) is 0. The van der Waals surface area contributed by atoms with Gasteiger partial charge in [-0.1, -0.05) is 33.8 Å². The van der Waals surface area contributed by atoms with Crippen LogP contribution >= 0.6 is 0 Å². The molecular weight excluding hydrogens is 254 g/mol. The predicted octanol–water partition coefficient (Wildman–Crippen LogP) is 5.04.